The molecule has 1 atom stereocenters. The van der Waals surface area contributed by atoms with Crippen molar-refractivity contribution in [2.24, 2.45) is 5.73 Å². The van der Waals surface area contributed by atoms with Crippen molar-refractivity contribution in [1.29, 1.82) is 0 Å². The van der Waals surface area contributed by atoms with Gasteiger partial charge in [0.05, 0.1) is 0 Å². The molecule has 13 heavy (non-hydrogen) atoms. The van der Waals surface area contributed by atoms with Gasteiger partial charge in [0, 0.05) is 19.1 Å². The lowest BCUT2D eigenvalue weighted by atomic mass is 10.1. The van der Waals surface area contributed by atoms with Crippen molar-refractivity contribution in [3.05, 3.63) is 35.4 Å². The van der Waals surface area contributed by atoms with Gasteiger partial charge in [-0.25, -0.2) is 0 Å². The number of benzene rings is 1. The molecule has 0 bridgehead atoms. The second-order valence-electron chi connectivity index (χ2n) is 3.38. The Kier molecular flexibility index (Phi) is 3.93. The summed E-state index contributed by atoms with van der Waals surface area (Å²) in [5, 5.41) is 3.35. The zero-order valence-electron chi connectivity index (χ0n) is 8.38. The van der Waals surface area contributed by atoms with E-state index >= 15 is 0 Å². The fourth-order valence-corrected chi connectivity index (χ4v) is 1.36. The Labute approximate surface area is 80.1 Å². The third-order valence-corrected chi connectivity index (χ3v) is 2.14. The van der Waals surface area contributed by atoms with Gasteiger partial charge in [-0.1, -0.05) is 29.8 Å². The average Bonchev–Trinajstić information content (AvgIpc) is 2.14. The Hall–Kier alpha value is -0.860. The van der Waals surface area contributed by atoms with E-state index in [4.69, 9.17) is 5.73 Å². The molecule has 0 aliphatic carbocycles. The predicted molar refractivity (Wildman–Crippen MR) is 56.7 cm³/mol. The summed E-state index contributed by atoms with van der Waals surface area (Å²) in [7, 11) is 0. The molecule has 0 heterocycles. The van der Waals surface area contributed by atoms with Crippen molar-refractivity contribution in [1.82, 2.24) is 5.32 Å². The van der Waals surface area contributed by atoms with Crippen LogP contribution in [0.5, 0.6) is 0 Å². The highest BCUT2D eigenvalue weighted by molar-refractivity contribution is 5.24. The Bertz CT molecular complexity index is 258. The summed E-state index contributed by atoms with van der Waals surface area (Å²) in [5.74, 6) is 0. The zero-order chi connectivity index (χ0) is 9.68. The summed E-state index contributed by atoms with van der Waals surface area (Å²) >= 11 is 0. The van der Waals surface area contributed by atoms with Crippen LogP contribution in [0.2, 0.25) is 0 Å². The molecule has 0 spiro atoms. The molecule has 0 aromatic heterocycles. The maximum atomic E-state index is 5.42. The lowest BCUT2D eigenvalue weighted by Crippen LogP contribution is -2.25. The topological polar surface area (TPSA) is 38.0 Å². The molecule has 0 aliphatic rings. The van der Waals surface area contributed by atoms with Gasteiger partial charge >= 0.3 is 0 Å². The first-order chi connectivity index (χ1) is 6.24. The van der Waals surface area contributed by atoms with Crippen LogP contribution in [0.25, 0.3) is 0 Å². The van der Waals surface area contributed by atoms with E-state index in [1.54, 1.807) is 0 Å². The van der Waals surface area contributed by atoms with Crippen LogP contribution in [0.4, 0.5) is 0 Å². The predicted octanol–water partition coefficient (Wildman–Crippen LogP) is 1.60. The molecule has 2 heteroatoms. The number of hydrogen-bond acceptors (Lipinski definition) is 2. The van der Waals surface area contributed by atoms with Crippen LogP contribution in [-0.4, -0.2) is 13.1 Å². The van der Waals surface area contributed by atoms with Gasteiger partial charge in [-0.15, -0.1) is 0 Å². The molecule has 0 saturated carbocycles. The minimum Gasteiger partial charge on any atom is -0.329 e. The summed E-state index contributed by atoms with van der Waals surface area (Å²) in [6, 6.07) is 8.93. The van der Waals surface area contributed by atoms with Gasteiger partial charge in [-0.05, 0) is 19.4 Å². The quantitative estimate of drug-likeness (QED) is 0.735. The van der Waals surface area contributed by atoms with Gasteiger partial charge in [0.2, 0.25) is 0 Å². The first kappa shape index (κ1) is 10.2. The van der Waals surface area contributed by atoms with Crippen molar-refractivity contribution in [3.63, 3.8) is 0 Å². The molecule has 0 saturated heterocycles. The van der Waals surface area contributed by atoms with Crippen LogP contribution in [0.15, 0.2) is 24.3 Å². The Morgan fingerprint density at radius 3 is 2.85 bits per heavy atom. The number of aryl methyl sites for hydroxylation is 1. The summed E-state index contributed by atoms with van der Waals surface area (Å²) in [4.78, 5) is 0. The van der Waals surface area contributed by atoms with Crippen LogP contribution < -0.4 is 11.1 Å². The summed E-state index contributed by atoms with van der Waals surface area (Å²) < 4.78 is 0. The van der Waals surface area contributed by atoms with E-state index in [1.165, 1.54) is 11.1 Å². The van der Waals surface area contributed by atoms with E-state index in [9.17, 15) is 0 Å². The SMILES string of the molecule is Cc1cccc(C(C)NCCN)c1. The summed E-state index contributed by atoms with van der Waals surface area (Å²) in [5.41, 5.74) is 8.05. The fraction of sp³-hybridized carbons (Fsp3) is 0.455. The molecule has 0 aliphatic heterocycles. The molecule has 0 radical (unpaired) electrons. The molecule has 1 aromatic carbocycles. The maximum Gasteiger partial charge on any atom is 0.0292 e. The van der Waals surface area contributed by atoms with E-state index < -0.39 is 0 Å². The van der Waals surface area contributed by atoms with E-state index in [0.29, 0.717) is 12.6 Å². The fourth-order valence-electron chi connectivity index (χ4n) is 1.36. The number of rotatable bonds is 4. The largest absolute Gasteiger partial charge is 0.329 e. The maximum absolute atomic E-state index is 5.42. The van der Waals surface area contributed by atoms with Crippen LogP contribution in [-0.2, 0) is 0 Å². The summed E-state index contributed by atoms with van der Waals surface area (Å²) in [6.45, 7) is 5.83. The molecular formula is C11H18N2. The second-order valence-corrected chi connectivity index (χ2v) is 3.38. The third kappa shape index (κ3) is 3.17. The standard InChI is InChI=1S/C11H18N2/c1-9-4-3-5-11(8-9)10(2)13-7-6-12/h3-5,8,10,13H,6-7,12H2,1-2H3. The lowest BCUT2D eigenvalue weighted by Gasteiger charge is -2.13. The van der Waals surface area contributed by atoms with Crippen molar-refractivity contribution >= 4 is 0 Å². The summed E-state index contributed by atoms with van der Waals surface area (Å²) in [6.07, 6.45) is 0. The molecule has 1 unspecified atom stereocenters. The molecule has 3 N–H and O–H groups in total. The van der Waals surface area contributed by atoms with Gasteiger partial charge in [0.15, 0.2) is 0 Å². The second kappa shape index (κ2) is 5.00. The number of nitrogens with one attached hydrogen (secondary N) is 1. The van der Waals surface area contributed by atoms with Crippen molar-refractivity contribution < 1.29 is 0 Å². The van der Waals surface area contributed by atoms with E-state index in [2.05, 4.69) is 43.4 Å². The van der Waals surface area contributed by atoms with Crippen LogP contribution in [0.1, 0.15) is 24.1 Å². The smallest absolute Gasteiger partial charge is 0.0292 e. The first-order valence-corrected chi connectivity index (χ1v) is 4.74. The molecule has 1 rings (SSSR count). The lowest BCUT2D eigenvalue weighted by molar-refractivity contribution is 0.582. The number of nitrogens with two attached hydrogens (primary N) is 1. The average molecular weight is 178 g/mol. The molecule has 72 valence electrons. The third-order valence-electron chi connectivity index (χ3n) is 2.14. The number of hydrogen-bond donors (Lipinski definition) is 2. The van der Waals surface area contributed by atoms with Gasteiger partial charge in [-0.2, -0.15) is 0 Å². The normalized spacial score (nSPS) is 12.8. The van der Waals surface area contributed by atoms with Crippen molar-refractivity contribution in [2.75, 3.05) is 13.1 Å². The van der Waals surface area contributed by atoms with Crippen molar-refractivity contribution in [2.45, 2.75) is 19.9 Å². The first-order valence-electron chi connectivity index (χ1n) is 4.74. The molecule has 2 nitrogen and oxygen atoms in total. The van der Waals surface area contributed by atoms with Gasteiger partial charge < -0.3 is 11.1 Å². The minimum absolute atomic E-state index is 0.392. The highest BCUT2D eigenvalue weighted by Crippen LogP contribution is 2.12. The Morgan fingerprint density at radius 1 is 1.46 bits per heavy atom. The van der Waals surface area contributed by atoms with Gasteiger partial charge in [-0.3, -0.25) is 0 Å². The van der Waals surface area contributed by atoms with E-state index in [1.807, 2.05) is 0 Å². The van der Waals surface area contributed by atoms with Crippen LogP contribution in [0.3, 0.4) is 0 Å². The molecule has 0 amide bonds. The van der Waals surface area contributed by atoms with Crippen molar-refractivity contribution in [3.8, 4) is 0 Å². The Balaban J connectivity index is 2.60. The minimum atomic E-state index is 0.392. The van der Waals surface area contributed by atoms with Crippen LogP contribution in [0, 0.1) is 6.92 Å². The molecule has 0 fully saturated rings. The van der Waals surface area contributed by atoms with Gasteiger partial charge in [0.25, 0.3) is 0 Å². The van der Waals surface area contributed by atoms with Crippen LogP contribution >= 0.6 is 0 Å². The highest BCUT2D eigenvalue weighted by Gasteiger charge is 2.02. The molecule has 1 aromatic rings. The zero-order valence-corrected chi connectivity index (χ0v) is 8.38. The van der Waals surface area contributed by atoms with Gasteiger partial charge in [0.1, 0.15) is 0 Å². The van der Waals surface area contributed by atoms with E-state index in [0.717, 1.165) is 6.54 Å². The highest BCUT2D eigenvalue weighted by atomic mass is 14.9. The Morgan fingerprint density at radius 2 is 2.23 bits per heavy atom. The molecular weight excluding hydrogens is 160 g/mol. The monoisotopic (exact) mass is 178 g/mol. The van der Waals surface area contributed by atoms with E-state index in [-0.39, 0.29) is 0 Å².